The molecule has 0 aliphatic carbocycles. The molecule has 1 saturated heterocycles. The number of nitrogens with zero attached hydrogens (tertiary/aromatic N) is 1. The number of alkyl halides is 3. The highest BCUT2D eigenvalue weighted by Crippen LogP contribution is 2.30. The van der Waals surface area contributed by atoms with E-state index in [0.29, 0.717) is 19.2 Å². The molecule has 0 aromatic heterocycles. The van der Waals surface area contributed by atoms with Gasteiger partial charge in [0.25, 0.3) is 0 Å². The van der Waals surface area contributed by atoms with E-state index in [-0.39, 0.29) is 17.5 Å². The summed E-state index contributed by atoms with van der Waals surface area (Å²) in [5.74, 6) is -1.25. The molecular formula is C21H30F4N2O. The van der Waals surface area contributed by atoms with Crippen LogP contribution in [0.3, 0.4) is 0 Å². The van der Waals surface area contributed by atoms with Crippen LogP contribution in [0.5, 0.6) is 0 Å². The lowest BCUT2D eigenvalue weighted by molar-refractivity contribution is -0.137. The van der Waals surface area contributed by atoms with Gasteiger partial charge in [-0.15, -0.1) is 0 Å². The molecule has 1 heterocycles. The molecule has 2 rings (SSSR count). The van der Waals surface area contributed by atoms with Crippen molar-refractivity contribution < 1.29 is 22.4 Å². The predicted molar refractivity (Wildman–Crippen MR) is 104 cm³/mol. The number of hydrogen-bond acceptors (Lipinski definition) is 2. The van der Waals surface area contributed by atoms with Crippen LogP contribution in [0.15, 0.2) is 24.3 Å². The number of hydrogen-bond donors (Lipinski definition) is 1. The Kier molecular flexibility index (Phi) is 10.2. The van der Waals surface area contributed by atoms with Gasteiger partial charge in [-0.25, -0.2) is 4.39 Å². The van der Waals surface area contributed by atoms with Crippen LogP contribution < -0.4 is 5.32 Å². The van der Waals surface area contributed by atoms with Crippen LogP contribution >= 0.6 is 0 Å². The summed E-state index contributed by atoms with van der Waals surface area (Å²) in [6.07, 6.45) is 1.87. The van der Waals surface area contributed by atoms with Gasteiger partial charge < -0.3 is 10.2 Å². The third-order valence-electron chi connectivity index (χ3n) is 4.13. The maximum Gasteiger partial charge on any atom is 0.416 e. The Hall–Kier alpha value is -1.89. The molecule has 1 aliphatic rings. The summed E-state index contributed by atoms with van der Waals surface area (Å²) in [6, 6.07) is 2.33. The van der Waals surface area contributed by atoms with Gasteiger partial charge in [0.05, 0.1) is 5.56 Å². The molecular weight excluding hydrogens is 372 g/mol. The van der Waals surface area contributed by atoms with Gasteiger partial charge in [0.2, 0.25) is 5.91 Å². The highest BCUT2D eigenvalue weighted by Gasteiger charge is 2.31. The Morgan fingerprint density at radius 1 is 1.25 bits per heavy atom. The smallest absolute Gasteiger partial charge is 0.335 e. The summed E-state index contributed by atoms with van der Waals surface area (Å²) in [5.41, 5.74) is -1.05. The minimum atomic E-state index is -4.63. The van der Waals surface area contributed by atoms with Crippen LogP contribution in [0, 0.1) is 5.82 Å². The largest absolute Gasteiger partial charge is 0.416 e. The predicted octanol–water partition coefficient (Wildman–Crippen LogP) is 5.26. The molecule has 1 atom stereocenters. The standard InChI is InChI=1S/C18H22F4N2O.C3H8/c1-2-7-23-12-16-4-3-8-24(16)17(25)6-5-13-9-14(18(20,21)22)11-15(19)10-13;1-3-2/h5-6,9-11,16,23H,2-4,7-8,12H2,1H3;3H2,1-2H3/b6-5+;. The van der Waals surface area contributed by atoms with Crippen LogP contribution in [0.25, 0.3) is 6.08 Å². The second-order valence-electron chi connectivity index (χ2n) is 6.84. The molecule has 0 saturated carbocycles. The monoisotopic (exact) mass is 402 g/mol. The van der Waals surface area contributed by atoms with Crippen molar-refractivity contribution in [3.05, 3.63) is 41.2 Å². The van der Waals surface area contributed by atoms with E-state index in [1.54, 1.807) is 4.90 Å². The number of carbonyl (C=O) groups excluding carboxylic acids is 1. The van der Waals surface area contributed by atoms with Gasteiger partial charge in [-0.2, -0.15) is 13.2 Å². The topological polar surface area (TPSA) is 32.3 Å². The number of rotatable bonds is 6. The van der Waals surface area contributed by atoms with Gasteiger partial charge in [0, 0.05) is 25.2 Å². The van der Waals surface area contributed by atoms with Crippen LogP contribution in [-0.2, 0) is 11.0 Å². The first kappa shape index (κ1) is 24.1. The molecule has 1 aromatic rings. The SMILES string of the molecule is CCC.CCCNCC1CCCN1C(=O)/C=C/c1cc(F)cc(C(F)(F)F)c1. The quantitative estimate of drug-likeness (QED) is 0.400. The second kappa shape index (κ2) is 11.8. The molecule has 0 bridgehead atoms. The maximum atomic E-state index is 13.4. The Bertz CT molecular complexity index is 644. The van der Waals surface area contributed by atoms with E-state index in [1.165, 1.54) is 18.6 Å². The molecule has 28 heavy (non-hydrogen) atoms. The highest BCUT2D eigenvalue weighted by atomic mass is 19.4. The lowest BCUT2D eigenvalue weighted by Crippen LogP contribution is -2.41. The summed E-state index contributed by atoms with van der Waals surface area (Å²) in [4.78, 5) is 14.0. The first-order valence-corrected chi connectivity index (χ1v) is 9.80. The van der Waals surface area contributed by atoms with Gasteiger partial charge in [-0.05, 0) is 55.6 Å². The molecule has 1 unspecified atom stereocenters. The van der Waals surface area contributed by atoms with E-state index >= 15 is 0 Å². The van der Waals surface area contributed by atoms with Crippen LogP contribution in [0.2, 0.25) is 0 Å². The van der Waals surface area contributed by atoms with Crippen molar-refractivity contribution >= 4 is 12.0 Å². The van der Waals surface area contributed by atoms with Crippen molar-refractivity contribution in [2.45, 2.75) is 58.7 Å². The summed E-state index contributed by atoms with van der Waals surface area (Å²) in [6.45, 7) is 8.50. The number of likely N-dealkylation sites (tertiary alicyclic amines) is 1. The van der Waals surface area contributed by atoms with E-state index in [2.05, 4.69) is 26.1 Å². The summed E-state index contributed by atoms with van der Waals surface area (Å²) < 4.78 is 51.5. The number of benzene rings is 1. The first-order valence-electron chi connectivity index (χ1n) is 9.80. The van der Waals surface area contributed by atoms with Crippen molar-refractivity contribution in [2.75, 3.05) is 19.6 Å². The zero-order chi connectivity index (χ0) is 21.2. The number of carbonyl (C=O) groups is 1. The van der Waals surface area contributed by atoms with Crippen molar-refractivity contribution in [1.29, 1.82) is 0 Å². The Balaban J connectivity index is 0.00000122. The molecule has 1 aliphatic heterocycles. The first-order chi connectivity index (χ1) is 13.2. The average molecular weight is 402 g/mol. The molecule has 3 nitrogen and oxygen atoms in total. The number of halogens is 4. The molecule has 7 heteroatoms. The third kappa shape index (κ3) is 8.00. The summed E-state index contributed by atoms with van der Waals surface area (Å²) >= 11 is 0. The molecule has 1 fully saturated rings. The fourth-order valence-electron chi connectivity index (χ4n) is 2.92. The van der Waals surface area contributed by atoms with Crippen LogP contribution in [-0.4, -0.2) is 36.5 Å². The minimum absolute atomic E-state index is 0.0144. The Labute approximate surface area is 164 Å². The van der Waals surface area contributed by atoms with E-state index in [4.69, 9.17) is 0 Å². The molecule has 0 spiro atoms. The molecule has 1 aromatic carbocycles. The van der Waals surface area contributed by atoms with Gasteiger partial charge in [-0.1, -0.05) is 27.2 Å². The minimum Gasteiger partial charge on any atom is -0.335 e. The van der Waals surface area contributed by atoms with Crippen LogP contribution in [0.1, 0.15) is 57.6 Å². The van der Waals surface area contributed by atoms with Crippen molar-refractivity contribution in [3.63, 3.8) is 0 Å². The molecule has 1 N–H and O–H groups in total. The fraction of sp³-hybridized carbons (Fsp3) is 0.571. The van der Waals surface area contributed by atoms with E-state index in [9.17, 15) is 22.4 Å². The molecule has 158 valence electrons. The highest BCUT2D eigenvalue weighted by molar-refractivity contribution is 5.92. The average Bonchev–Trinajstić information content (AvgIpc) is 3.08. The summed E-state index contributed by atoms with van der Waals surface area (Å²) in [5, 5.41) is 3.27. The number of nitrogens with one attached hydrogen (secondary N) is 1. The van der Waals surface area contributed by atoms with Gasteiger partial charge >= 0.3 is 6.18 Å². The van der Waals surface area contributed by atoms with Gasteiger partial charge in [0.15, 0.2) is 0 Å². The van der Waals surface area contributed by atoms with Gasteiger partial charge in [0.1, 0.15) is 5.82 Å². The number of amides is 1. The Morgan fingerprint density at radius 3 is 2.54 bits per heavy atom. The molecule has 1 amide bonds. The maximum absolute atomic E-state index is 13.4. The zero-order valence-electron chi connectivity index (χ0n) is 16.8. The van der Waals surface area contributed by atoms with E-state index in [1.807, 2.05) is 0 Å². The Morgan fingerprint density at radius 2 is 1.93 bits per heavy atom. The van der Waals surface area contributed by atoms with E-state index < -0.39 is 17.6 Å². The third-order valence-corrected chi connectivity index (χ3v) is 4.13. The van der Waals surface area contributed by atoms with Gasteiger partial charge in [-0.3, -0.25) is 4.79 Å². The molecule has 0 radical (unpaired) electrons. The summed E-state index contributed by atoms with van der Waals surface area (Å²) in [7, 11) is 0. The lowest BCUT2D eigenvalue weighted by Gasteiger charge is -2.23. The van der Waals surface area contributed by atoms with Crippen molar-refractivity contribution in [1.82, 2.24) is 10.2 Å². The second-order valence-corrected chi connectivity index (χ2v) is 6.84. The normalized spacial score (nSPS) is 17.0. The van der Waals surface area contributed by atoms with Crippen molar-refractivity contribution in [2.24, 2.45) is 0 Å². The lowest BCUT2D eigenvalue weighted by atomic mass is 10.1. The fourth-order valence-corrected chi connectivity index (χ4v) is 2.92. The van der Waals surface area contributed by atoms with E-state index in [0.717, 1.165) is 37.9 Å². The zero-order valence-corrected chi connectivity index (χ0v) is 16.8. The van der Waals surface area contributed by atoms with Crippen LogP contribution in [0.4, 0.5) is 17.6 Å². The van der Waals surface area contributed by atoms with Crippen molar-refractivity contribution in [3.8, 4) is 0 Å².